The molecule has 0 aliphatic rings. The van der Waals surface area contributed by atoms with Gasteiger partial charge in [-0.2, -0.15) is 0 Å². The van der Waals surface area contributed by atoms with Crippen molar-refractivity contribution in [3.63, 3.8) is 0 Å². The Balaban J connectivity index is 2.10. The molecule has 0 aliphatic heterocycles. The van der Waals surface area contributed by atoms with Crippen molar-refractivity contribution in [2.75, 3.05) is 6.26 Å². The molecule has 2 aromatic rings. The highest BCUT2D eigenvalue weighted by Crippen LogP contribution is 2.18. The van der Waals surface area contributed by atoms with Crippen molar-refractivity contribution in [1.29, 1.82) is 0 Å². The molecule has 2 aromatic carbocycles. The van der Waals surface area contributed by atoms with E-state index in [0.717, 1.165) is 6.26 Å². The number of hydrogen-bond donors (Lipinski definition) is 1. The number of hydrogen-bond acceptors (Lipinski definition) is 4. The third-order valence-electron chi connectivity index (χ3n) is 3.43. The molecule has 1 N–H and O–H groups in total. The molecule has 0 heterocycles. The zero-order valence-electron chi connectivity index (χ0n) is 13.2. The summed E-state index contributed by atoms with van der Waals surface area (Å²) in [5.41, 5.74) is 1.31. The van der Waals surface area contributed by atoms with Gasteiger partial charge in [-0.1, -0.05) is 35.9 Å². The molecule has 0 saturated heterocycles. The molecule has 0 unspecified atom stereocenters. The molecule has 5 nitrogen and oxygen atoms in total. The van der Waals surface area contributed by atoms with Crippen LogP contribution in [0.5, 0.6) is 0 Å². The Morgan fingerprint density at radius 3 is 2.00 bits per heavy atom. The molecule has 0 aliphatic carbocycles. The zero-order chi connectivity index (χ0) is 18.0. The number of nitrogens with one attached hydrogen (secondary N) is 1. The summed E-state index contributed by atoms with van der Waals surface area (Å²) in [6.07, 6.45) is 1.13. The maximum atomic E-state index is 12.3. The quantitative estimate of drug-likeness (QED) is 0.826. The standard InChI is InChI=1S/C16H18ClNO4S2/c1-12(14-5-9-16(10-6-14)23(2,19)20)18-24(21,22)11-13-3-7-15(17)8-4-13/h3-10,12,18H,11H2,1-2H3/t12-/m1/s1. The molecular weight excluding hydrogens is 370 g/mol. The first-order valence-corrected chi connectivity index (χ1v) is 11.0. The highest BCUT2D eigenvalue weighted by atomic mass is 35.5. The Kier molecular flexibility index (Phi) is 5.70. The first kappa shape index (κ1) is 18.9. The Morgan fingerprint density at radius 2 is 1.50 bits per heavy atom. The Hall–Kier alpha value is -1.41. The fourth-order valence-corrected chi connectivity index (χ4v) is 4.33. The third kappa shape index (κ3) is 5.31. The fourth-order valence-electron chi connectivity index (χ4n) is 2.18. The second kappa shape index (κ2) is 7.23. The van der Waals surface area contributed by atoms with Crippen LogP contribution in [-0.4, -0.2) is 23.1 Å². The van der Waals surface area contributed by atoms with Crippen LogP contribution < -0.4 is 4.72 Å². The van der Waals surface area contributed by atoms with Gasteiger partial charge in [-0.05, 0) is 42.3 Å². The lowest BCUT2D eigenvalue weighted by atomic mass is 10.1. The average molecular weight is 388 g/mol. The maximum Gasteiger partial charge on any atom is 0.216 e. The van der Waals surface area contributed by atoms with E-state index in [9.17, 15) is 16.8 Å². The van der Waals surface area contributed by atoms with Crippen LogP contribution in [0.4, 0.5) is 0 Å². The zero-order valence-corrected chi connectivity index (χ0v) is 15.6. The van der Waals surface area contributed by atoms with Crippen LogP contribution in [-0.2, 0) is 25.6 Å². The van der Waals surface area contributed by atoms with Gasteiger partial charge in [0, 0.05) is 17.3 Å². The minimum atomic E-state index is -3.54. The van der Waals surface area contributed by atoms with Crippen molar-refractivity contribution in [3.05, 3.63) is 64.7 Å². The van der Waals surface area contributed by atoms with Crippen LogP contribution in [0.15, 0.2) is 53.4 Å². The molecule has 0 bridgehead atoms. The van der Waals surface area contributed by atoms with Crippen LogP contribution in [0.25, 0.3) is 0 Å². The molecule has 0 amide bonds. The number of sulfonamides is 1. The minimum absolute atomic E-state index is 0.157. The van der Waals surface area contributed by atoms with Crippen LogP contribution in [0.1, 0.15) is 24.1 Å². The lowest BCUT2D eigenvalue weighted by Gasteiger charge is -2.15. The van der Waals surface area contributed by atoms with E-state index in [-0.39, 0.29) is 10.6 Å². The molecule has 130 valence electrons. The molecule has 8 heteroatoms. The predicted octanol–water partition coefficient (Wildman–Crippen LogP) is 2.92. The van der Waals surface area contributed by atoms with Gasteiger partial charge < -0.3 is 0 Å². The molecule has 2 rings (SSSR count). The first-order valence-electron chi connectivity index (χ1n) is 7.11. The first-order chi connectivity index (χ1) is 11.1. The van der Waals surface area contributed by atoms with Gasteiger partial charge in [0.2, 0.25) is 10.0 Å². The van der Waals surface area contributed by atoms with Gasteiger partial charge in [0.1, 0.15) is 0 Å². The summed E-state index contributed by atoms with van der Waals surface area (Å²) in [5.74, 6) is -0.157. The second-order valence-corrected chi connectivity index (χ2v) is 9.77. The van der Waals surface area contributed by atoms with Gasteiger partial charge in [-0.3, -0.25) is 0 Å². The van der Waals surface area contributed by atoms with Gasteiger partial charge in [0.25, 0.3) is 0 Å². The van der Waals surface area contributed by atoms with E-state index in [1.165, 1.54) is 12.1 Å². The summed E-state index contributed by atoms with van der Waals surface area (Å²) in [7, 11) is -6.82. The van der Waals surface area contributed by atoms with Crippen molar-refractivity contribution in [3.8, 4) is 0 Å². The Bertz CT molecular complexity index is 906. The van der Waals surface area contributed by atoms with Crippen molar-refractivity contribution in [2.45, 2.75) is 23.6 Å². The Labute approximate surface area is 147 Å². The van der Waals surface area contributed by atoms with Crippen LogP contribution in [0, 0.1) is 0 Å². The molecule has 0 aromatic heterocycles. The summed E-state index contributed by atoms with van der Waals surface area (Å²) in [4.78, 5) is 0.197. The fraction of sp³-hybridized carbons (Fsp3) is 0.250. The highest BCUT2D eigenvalue weighted by Gasteiger charge is 2.17. The third-order valence-corrected chi connectivity index (χ3v) is 6.24. The van der Waals surface area contributed by atoms with Crippen LogP contribution >= 0.6 is 11.6 Å². The van der Waals surface area contributed by atoms with E-state index in [4.69, 9.17) is 11.6 Å². The van der Waals surface area contributed by atoms with Crippen molar-refractivity contribution >= 4 is 31.5 Å². The van der Waals surface area contributed by atoms with E-state index >= 15 is 0 Å². The molecule has 1 atom stereocenters. The van der Waals surface area contributed by atoms with Gasteiger partial charge in [-0.15, -0.1) is 0 Å². The lowest BCUT2D eigenvalue weighted by molar-refractivity contribution is 0.565. The number of rotatable bonds is 6. The smallest absolute Gasteiger partial charge is 0.216 e. The molecular formula is C16H18ClNO4S2. The summed E-state index contributed by atoms with van der Waals surface area (Å²) in [6, 6.07) is 12.3. The van der Waals surface area contributed by atoms with Crippen molar-refractivity contribution in [1.82, 2.24) is 4.72 Å². The van der Waals surface area contributed by atoms with Crippen LogP contribution in [0.3, 0.4) is 0 Å². The van der Waals surface area contributed by atoms with E-state index in [1.54, 1.807) is 43.3 Å². The SMILES string of the molecule is C[C@@H](NS(=O)(=O)Cc1ccc(Cl)cc1)c1ccc(S(C)(=O)=O)cc1. The largest absolute Gasteiger partial charge is 0.224 e. The Morgan fingerprint density at radius 1 is 0.958 bits per heavy atom. The van der Waals surface area contributed by atoms with Gasteiger partial charge in [0.05, 0.1) is 10.6 Å². The van der Waals surface area contributed by atoms with Crippen molar-refractivity contribution < 1.29 is 16.8 Å². The van der Waals surface area contributed by atoms with E-state index in [2.05, 4.69) is 4.72 Å². The maximum absolute atomic E-state index is 12.3. The molecule has 0 radical (unpaired) electrons. The summed E-state index contributed by atoms with van der Waals surface area (Å²) in [6.45, 7) is 1.70. The topological polar surface area (TPSA) is 80.3 Å². The summed E-state index contributed by atoms with van der Waals surface area (Å²) < 4.78 is 50.0. The lowest BCUT2D eigenvalue weighted by Crippen LogP contribution is -2.28. The van der Waals surface area contributed by atoms with Gasteiger partial charge in [-0.25, -0.2) is 21.6 Å². The summed E-state index contributed by atoms with van der Waals surface area (Å²) in [5, 5.41) is 0.545. The van der Waals surface area contributed by atoms with E-state index < -0.39 is 25.9 Å². The monoisotopic (exact) mass is 387 g/mol. The second-order valence-electron chi connectivity index (χ2n) is 5.57. The van der Waals surface area contributed by atoms with E-state index in [0.29, 0.717) is 16.1 Å². The summed E-state index contributed by atoms with van der Waals surface area (Å²) >= 11 is 5.78. The number of benzene rings is 2. The van der Waals surface area contributed by atoms with Gasteiger partial charge >= 0.3 is 0 Å². The number of halogens is 1. The van der Waals surface area contributed by atoms with Crippen molar-refractivity contribution in [2.24, 2.45) is 0 Å². The number of sulfone groups is 1. The minimum Gasteiger partial charge on any atom is -0.224 e. The highest BCUT2D eigenvalue weighted by molar-refractivity contribution is 7.90. The molecule has 24 heavy (non-hydrogen) atoms. The normalized spacial score (nSPS) is 13.6. The average Bonchev–Trinajstić information content (AvgIpc) is 2.48. The molecule has 0 spiro atoms. The van der Waals surface area contributed by atoms with E-state index in [1.807, 2.05) is 0 Å². The predicted molar refractivity (Wildman–Crippen MR) is 95.2 cm³/mol. The van der Waals surface area contributed by atoms with Gasteiger partial charge in [0.15, 0.2) is 9.84 Å². The molecule has 0 fully saturated rings. The molecule has 0 saturated carbocycles. The van der Waals surface area contributed by atoms with Crippen LogP contribution in [0.2, 0.25) is 5.02 Å².